The number of carbonyl (C=O) groups excluding carboxylic acids is 3. The number of hydrazine groups is 1. The van der Waals surface area contributed by atoms with Crippen LogP contribution in [0.2, 0.25) is 0 Å². The van der Waals surface area contributed by atoms with Gasteiger partial charge < -0.3 is 10.5 Å². The summed E-state index contributed by atoms with van der Waals surface area (Å²) in [7, 11) is 1.23. The van der Waals surface area contributed by atoms with Crippen LogP contribution in [0.5, 0.6) is 0 Å². The van der Waals surface area contributed by atoms with Crippen LogP contribution in [0, 0.1) is 0 Å². The highest BCUT2D eigenvalue weighted by molar-refractivity contribution is 6.01. The highest BCUT2D eigenvalue weighted by Gasteiger charge is 2.17. The van der Waals surface area contributed by atoms with Crippen molar-refractivity contribution in [2.75, 3.05) is 7.11 Å². The molecule has 0 aliphatic carbocycles. The van der Waals surface area contributed by atoms with E-state index in [1.54, 1.807) is 12.1 Å². The molecule has 0 spiro atoms. The Morgan fingerprint density at radius 3 is 2.38 bits per heavy atom. The van der Waals surface area contributed by atoms with Gasteiger partial charge in [-0.2, -0.15) is 5.10 Å². The SMILES string of the molecule is CCCCc1nc(CCCC)n(Cc2ccc(-c3ccccc3C(=O)NNC(=O)CCC(N)C(=O)OC)cc2)n1. The Balaban J connectivity index is 1.66. The lowest BCUT2D eigenvalue weighted by atomic mass is 9.98. The third-order valence-corrected chi connectivity index (χ3v) is 6.57. The Hall–Kier alpha value is -4.05. The molecule has 0 aliphatic rings. The second-order valence-electron chi connectivity index (χ2n) is 9.72. The van der Waals surface area contributed by atoms with Gasteiger partial charge in [-0.15, -0.1) is 0 Å². The molecule has 0 radical (unpaired) electrons. The normalized spacial score (nSPS) is 11.6. The van der Waals surface area contributed by atoms with Crippen molar-refractivity contribution in [2.45, 2.75) is 77.8 Å². The lowest BCUT2D eigenvalue weighted by Gasteiger charge is -2.13. The monoisotopic (exact) mass is 548 g/mol. The zero-order valence-electron chi connectivity index (χ0n) is 23.6. The molecule has 1 atom stereocenters. The molecule has 1 aromatic heterocycles. The summed E-state index contributed by atoms with van der Waals surface area (Å²) in [6.07, 6.45) is 6.23. The number of rotatable bonds is 14. The first-order valence-corrected chi connectivity index (χ1v) is 13.9. The predicted molar refractivity (Wildman–Crippen MR) is 153 cm³/mol. The Morgan fingerprint density at radius 1 is 0.975 bits per heavy atom. The van der Waals surface area contributed by atoms with Crippen molar-refractivity contribution in [1.82, 2.24) is 25.6 Å². The maximum absolute atomic E-state index is 12.9. The van der Waals surface area contributed by atoms with Gasteiger partial charge in [0.1, 0.15) is 11.9 Å². The summed E-state index contributed by atoms with van der Waals surface area (Å²) < 4.78 is 6.56. The number of unbranched alkanes of at least 4 members (excludes halogenated alkanes) is 2. The average Bonchev–Trinajstić information content (AvgIpc) is 3.37. The maximum atomic E-state index is 12.9. The Labute approximate surface area is 235 Å². The summed E-state index contributed by atoms with van der Waals surface area (Å²) in [6.45, 7) is 4.97. The molecule has 10 nitrogen and oxygen atoms in total. The van der Waals surface area contributed by atoms with E-state index in [9.17, 15) is 14.4 Å². The van der Waals surface area contributed by atoms with Gasteiger partial charge in [0, 0.05) is 24.8 Å². The molecule has 10 heteroatoms. The number of amides is 2. The molecule has 0 saturated carbocycles. The molecular weight excluding hydrogens is 508 g/mol. The number of aryl methyl sites for hydroxylation is 2. The van der Waals surface area contributed by atoms with E-state index in [0.29, 0.717) is 12.1 Å². The van der Waals surface area contributed by atoms with Crippen LogP contribution >= 0.6 is 0 Å². The fourth-order valence-corrected chi connectivity index (χ4v) is 4.22. The largest absolute Gasteiger partial charge is 0.468 e. The molecular formula is C30H40N6O4. The van der Waals surface area contributed by atoms with Crippen molar-refractivity contribution in [3.63, 3.8) is 0 Å². The van der Waals surface area contributed by atoms with Crippen molar-refractivity contribution in [3.05, 3.63) is 71.3 Å². The number of nitrogens with two attached hydrogens (primary N) is 1. The lowest BCUT2D eigenvalue weighted by molar-refractivity contribution is -0.142. The van der Waals surface area contributed by atoms with E-state index in [4.69, 9.17) is 15.8 Å². The molecule has 0 bridgehead atoms. The zero-order valence-corrected chi connectivity index (χ0v) is 23.6. The first kappa shape index (κ1) is 30.5. The first-order valence-electron chi connectivity index (χ1n) is 13.9. The molecule has 0 fully saturated rings. The van der Waals surface area contributed by atoms with E-state index in [-0.39, 0.29) is 12.8 Å². The number of hydrogen-bond donors (Lipinski definition) is 3. The fraction of sp³-hybridized carbons (Fsp3) is 0.433. The van der Waals surface area contributed by atoms with Crippen LogP contribution in [0.3, 0.4) is 0 Å². The van der Waals surface area contributed by atoms with E-state index >= 15 is 0 Å². The number of ether oxygens (including phenoxy) is 1. The number of methoxy groups -OCH3 is 1. The maximum Gasteiger partial charge on any atom is 0.322 e. The second-order valence-corrected chi connectivity index (χ2v) is 9.72. The summed E-state index contributed by atoms with van der Waals surface area (Å²) in [6, 6.07) is 14.3. The van der Waals surface area contributed by atoms with Gasteiger partial charge in [0.2, 0.25) is 5.91 Å². The van der Waals surface area contributed by atoms with E-state index in [1.807, 2.05) is 41.1 Å². The molecule has 0 saturated heterocycles. The van der Waals surface area contributed by atoms with Gasteiger partial charge in [0.15, 0.2) is 5.82 Å². The van der Waals surface area contributed by atoms with E-state index < -0.39 is 23.8 Å². The van der Waals surface area contributed by atoms with Crippen LogP contribution in [0.25, 0.3) is 11.1 Å². The molecule has 40 heavy (non-hydrogen) atoms. The summed E-state index contributed by atoms with van der Waals surface area (Å²) >= 11 is 0. The molecule has 1 unspecified atom stereocenters. The number of nitrogens with one attached hydrogen (secondary N) is 2. The summed E-state index contributed by atoms with van der Waals surface area (Å²) in [5.74, 6) is 0.426. The van der Waals surface area contributed by atoms with Gasteiger partial charge in [-0.3, -0.25) is 25.2 Å². The third-order valence-electron chi connectivity index (χ3n) is 6.57. The van der Waals surface area contributed by atoms with Crippen molar-refractivity contribution in [1.29, 1.82) is 0 Å². The first-order chi connectivity index (χ1) is 19.4. The number of aromatic nitrogens is 3. The topological polar surface area (TPSA) is 141 Å². The zero-order chi connectivity index (χ0) is 28.9. The highest BCUT2D eigenvalue weighted by Crippen LogP contribution is 2.24. The smallest absolute Gasteiger partial charge is 0.322 e. The second kappa shape index (κ2) is 15.5. The lowest BCUT2D eigenvalue weighted by Crippen LogP contribution is -2.42. The van der Waals surface area contributed by atoms with E-state index in [2.05, 4.69) is 29.4 Å². The van der Waals surface area contributed by atoms with Gasteiger partial charge in [-0.25, -0.2) is 9.67 Å². The van der Waals surface area contributed by atoms with Crippen LogP contribution in [0.1, 0.15) is 79.9 Å². The van der Waals surface area contributed by atoms with Crippen molar-refractivity contribution >= 4 is 17.8 Å². The van der Waals surface area contributed by atoms with E-state index in [0.717, 1.165) is 66.9 Å². The van der Waals surface area contributed by atoms with Crippen molar-refractivity contribution in [3.8, 4) is 11.1 Å². The van der Waals surface area contributed by atoms with Gasteiger partial charge in [-0.1, -0.05) is 69.2 Å². The number of hydrogen-bond acceptors (Lipinski definition) is 7. The van der Waals surface area contributed by atoms with E-state index in [1.165, 1.54) is 7.11 Å². The minimum atomic E-state index is -0.897. The summed E-state index contributed by atoms with van der Waals surface area (Å²) in [5.41, 5.74) is 13.6. The molecule has 1 heterocycles. The number of esters is 1. The standard InChI is InChI=1S/C30H40N6O4/c1-4-6-12-26-32-27(13-7-5-2)36(35-26)20-21-14-16-22(17-15-21)23-10-8-9-11-24(23)29(38)34-33-28(37)19-18-25(31)30(39)40-3/h8-11,14-17,25H,4-7,12-13,18-20,31H2,1-3H3,(H,33,37)(H,34,38). The molecule has 0 aliphatic heterocycles. The van der Waals surface area contributed by atoms with Crippen molar-refractivity contribution in [2.24, 2.45) is 5.73 Å². The van der Waals surface area contributed by atoms with Crippen LogP contribution < -0.4 is 16.6 Å². The molecule has 3 aromatic rings. The fourth-order valence-electron chi connectivity index (χ4n) is 4.22. The Morgan fingerprint density at radius 2 is 1.68 bits per heavy atom. The van der Waals surface area contributed by atoms with Gasteiger partial charge in [0.05, 0.1) is 13.7 Å². The minimum absolute atomic E-state index is 0.0360. The predicted octanol–water partition coefficient (Wildman–Crippen LogP) is 3.72. The summed E-state index contributed by atoms with van der Waals surface area (Å²) in [5, 5.41) is 4.77. The Kier molecular flexibility index (Phi) is 11.8. The van der Waals surface area contributed by atoms with Crippen molar-refractivity contribution < 1.29 is 19.1 Å². The molecule has 2 aromatic carbocycles. The molecule has 4 N–H and O–H groups in total. The third kappa shape index (κ3) is 8.74. The van der Waals surface area contributed by atoms with Crippen LogP contribution in [-0.4, -0.2) is 45.7 Å². The molecule has 3 rings (SSSR count). The van der Waals surface area contributed by atoms with Gasteiger partial charge >= 0.3 is 5.97 Å². The molecule has 2 amide bonds. The quantitative estimate of drug-likeness (QED) is 0.206. The summed E-state index contributed by atoms with van der Waals surface area (Å²) in [4.78, 5) is 41.2. The van der Waals surface area contributed by atoms with Crippen LogP contribution in [-0.2, 0) is 33.7 Å². The Bertz CT molecular complexity index is 1270. The van der Waals surface area contributed by atoms with Gasteiger partial charge in [-0.05, 0) is 42.0 Å². The van der Waals surface area contributed by atoms with Crippen LogP contribution in [0.4, 0.5) is 0 Å². The molecule has 214 valence electrons. The highest BCUT2D eigenvalue weighted by atomic mass is 16.5. The number of carbonyl (C=O) groups is 3. The van der Waals surface area contributed by atoms with Gasteiger partial charge in [0.25, 0.3) is 5.91 Å². The number of benzene rings is 2. The number of nitrogens with zero attached hydrogens (tertiary/aromatic N) is 3. The van der Waals surface area contributed by atoms with Crippen LogP contribution in [0.15, 0.2) is 48.5 Å². The minimum Gasteiger partial charge on any atom is -0.468 e. The average molecular weight is 549 g/mol.